The van der Waals surface area contributed by atoms with E-state index in [9.17, 15) is 13.2 Å². The van der Waals surface area contributed by atoms with Crippen LogP contribution in [0, 0.1) is 6.92 Å². The Hall–Kier alpha value is -2.29. The van der Waals surface area contributed by atoms with Gasteiger partial charge in [0.1, 0.15) is 0 Å². The number of amides is 1. The number of nitrogens with one attached hydrogen (secondary N) is 2. The Kier molecular flexibility index (Phi) is 5.65. The zero-order chi connectivity index (χ0) is 18.6. The van der Waals surface area contributed by atoms with Crippen LogP contribution in [0.25, 0.3) is 0 Å². The molecule has 1 saturated heterocycles. The fourth-order valence-electron chi connectivity index (χ4n) is 2.67. The van der Waals surface area contributed by atoms with E-state index in [0.717, 1.165) is 12.0 Å². The molecule has 1 amide bonds. The van der Waals surface area contributed by atoms with Gasteiger partial charge in [0.25, 0.3) is 5.91 Å². The van der Waals surface area contributed by atoms with Crippen LogP contribution in [0.1, 0.15) is 28.0 Å². The Balaban J connectivity index is 1.71. The first-order valence-corrected chi connectivity index (χ1v) is 9.83. The van der Waals surface area contributed by atoms with Gasteiger partial charge in [-0.05, 0) is 43.2 Å². The molecule has 0 bridgehead atoms. The van der Waals surface area contributed by atoms with Crippen LogP contribution in [0.3, 0.4) is 0 Å². The van der Waals surface area contributed by atoms with E-state index in [-0.39, 0.29) is 23.4 Å². The summed E-state index contributed by atoms with van der Waals surface area (Å²) in [6.45, 7) is 3.06. The molecule has 1 atom stereocenters. The van der Waals surface area contributed by atoms with Crippen LogP contribution in [-0.4, -0.2) is 38.6 Å². The molecule has 3 rings (SSSR count). The van der Waals surface area contributed by atoms with Crippen LogP contribution in [0.15, 0.2) is 47.5 Å². The summed E-state index contributed by atoms with van der Waals surface area (Å²) in [7, 11) is -3.75. The van der Waals surface area contributed by atoms with Crippen LogP contribution >= 0.6 is 0 Å². The molecule has 1 aliphatic rings. The zero-order valence-electron chi connectivity index (χ0n) is 14.4. The van der Waals surface area contributed by atoms with Gasteiger partial charge >= 0.3 is 0 Å². The van der Waals surface area contributed by atoms with Crippen LogP contribution in [0.2, 0.25) is 0 Å². The molecule has 1 aliphatic heterocycles. The number of hydrogen-bond donors (Lipinski definition) is 2. The molecular formula is C18H21N3O4S. The summed E-state index contributed by atoms with van der Waals surface area (Å²) in [4.78, 5) is 16.5. The largest absolute Gasteiger partial charge is 0.379 e. The second-order valence-electron chi connectivity index (χ2n) is 6.15. The molecule has 2 heterocycles. The predicted octanol–water partition coefficient (Wildman–Crippen LogP) is 1.39. The molecule has 0 saturated carbocycles. The van der Waals surface area contributed by atoms with Gasteiger partial charge in [0.15, 0.2) is 0 Å². The fraction of sp³-hybridized carbons (Fsp3) is 0.333. The van der Waals surface area contributed by atoms with Gasteiger partial charge in [-0.15, -0.1) is 0 Å². The smallest absolute Gasteiger partial charge is 0.251 e. The van der Waals surface area contributed by atoms with E-state index in [1.807, 2.05) is 13.0 Å². The van der Waals surface area contributed by atoms with Crippen molar-refractivity contribution in [2.75, 3.05) is 13.2 Å². The van der Waals surface area contributed by atoms with Gasteiger partial charge in [-0.1, -0.05) is 12.1 Å². The normalized spacial score (nSPS) is 17.2. The number of pyridine rings is 1. The zero-order valence-corrected chi connectivity index (χ0v) is 15.3. The monoisotopic (exact) mass is 375 g/mol. The van der Waals surface area contributed by atoms with Crippen molar-refractivity contribution in [3.8, 4) is 0 Å². The number of aryl methyl sites for hydroxylation is 1. The minimum absolute atomic E-state index is 0.0342. The fourth-order valence-corrected chi connectivity index (χ4v) is 3.70. The van der Waals surface area contributed by atoms with E-state index < -0.39 is 10.0 Å². The van der Waals surface area contributed by atoms with Crippen molar-refractivity contribution in [3.05, 3.63) is 59.4 Å². The van der Waals surface area contributed by atoms with Gasteiger partial charge in [0.2, 0.25) is 10.0 Å². The number of ether oxygens (including phenoxy) is 1. The van der Waals surface area contributed by atoms with Crippen LogP contribution in [-0.2, 0) is 21.3 Å². The molecule has 0 spiro atoms. The van der Waals surface area contributed by atoms with Crippen LogP contribution in [0.4, 0.5) is 0 Å². The lowest BCUT2D eigenvalue weighted by atomic mass is 10.2. The lowest BCUT2D eigenvalue weighted by molar-refractivity contribution is 0.0929. The first-order chi connectivity index (χ1) is 12.5. The standard InChI is InChI=1S/C18H21N3O4S/c1-13-4-3-8-19-17(13)11-20-26(23,24)16-6-2-5-14(10-16)18(22)21-15-7-9-25-12-15/h2-6,8,10,15,20H,7,9,11-12H2,1H3,(H,21,22)/t15-/m1/s1. The van der Waals surface area contributed by atoms with E-state index in [1.165, 1.54) is 12.1 Å². The van der Waals surface area contributed by atoms with E-state index in [1.54, 1.807) is 24.4 Å². The number of nitrogens with zero attached hydrogens (tertiary/aromatic N) is 1. The summed E-state index contributed by atoms with van der Waals surface area (Å²) < 4.78 is 32.8. The van der Waals surface area contributed by atoms with Gasteiger partial charge in [-0.25, -0.2) is 13.1 Å². The lowest BCUT2D eigenvalue weighted by Gasteiger charge is -2.12. The summed E-state index contributed by atoms with van der Waals surface area (Å²) in [6, 6.07) is 9.61. The quantitative estimate of drug-likeness (QED) is 0.795. The topological polar surface area (TPSA) is 97.4 Å². The lowest BCUT2D eigenvalue weighted by Crippen LogP contribution is -2.35. The van der Waals surface area contributed by atoms with E-state index in [2.05, 4.69) is 15.0 Å². The number of sulfonamides is 1. The predicted molar refractivity (Wildman–Crippen MR) is 96.1 cm³/mol. The maximum Gasteiger partial charge on any atom is 0.251 e. The molecule has 8 heteroatoms. The molecule has 0 unspecified atom stereocenters. The minimum atomic E-state index is -3.75. The highest BCUT2D eigenvalue weighted by atomic mass is 32.2. The second kappa shape index (κ2) is 7.94. The molecule has 0 aliphatic carbocycles. The summed E-state index contributed by atoms with van der Waals surface area (Å²) in [5.41, 5.74) is 1.86. The van der Waals surface area contributed by atoms with Crippen molar-refractivity contribution < 1.29 is 17.9 Å². The molecule has 26 heavy (non-hydrogen) atoms. The maximum atomic E-state index is 12.5. The Morgan fingerprint density at radius 3 is 2.88 bits per heavy atom. The maximum absolute atomic E-state index is 12.5. The van der Waals surface area contributed by atoms with Crippen LogP contribution in [0.5, 0.6) is 0 Å². The number of rotatable bonds is 6. The minimum Gasteiger partial charge on any atom is -0.379 e. The number of benzene rings is 1. The Labute approximate surface area is 152 Å². The molecule has 1 fully saturated rings. The third-order valence-corrected chi connectivity index (χ3v) is 5.62. The van der Waals surface area contributed by atoms with Gasteiger partial charge in [0.05, 0.1) is 29.8 Å². The second-order valence-corrected chi connectivity index (χ2v) is 7.92. The molecule has 138 valence electrons. The molecule has 2 N–H and O–H groups in total. The summed E-state index contributed by atoms with van der Waals surface area (Å²) >= 11 is 0. The molecule has 2 aromatic rings. The highest BCUT2D eigenvalue weighted by Crippen LogP contribution is 2.14. The summed E-state index contributed by atoms with van der Waals surface area (Å²) in [5, 5.41) is 2.85. The summed E-state index contributed by atoms with van der Waals surface area (Å²) in [5.74, 6) is -0.307. The Bertz CT molecular complexity index is 893. The average molecular weight is 375 g/mol. The highest BCUT2D eigenvalue weighted by Gasteiger charge is 2.20. The van der Waals surface area contributed by atoms with E-state index >= 15 is 0 Å². The third-order valence-electron chi connectivity index (χ3n) is 4.22. The third kappa shape index (κ3) is 4.46. The van der Waals surface area contributed by atoms with Crippen molar-refractivity contribution in [3.63, 3.8) is 0 Å². The SMILES string of the molecule is Cc1cccnc1CNS(=O)(=O)c1cccc(C(=O)N[C@@H]2CCOC2)c1. The van der Waals surface area contributed by atoms with Gasteiger partial charge < -0.3 is 10.1 Å². The number of hydrogen-bond acceptors (Lipinski definition) is 5. The first kappa shape index (κ1) is 18.5. The first-order valence-electron chi connectivity index (χ1n) is 8.34. The molecule has 0 radical (unpaired) electrons. The highest BCUT2D eigenvalue weighted by molar-refractivity contribution is 7.89. The van der Waals surface area contributed by atoms with Gasteiger partial charge in [0, 0.05) is 18.4 Å². The number of aromatic nitrogens is 1. The average Bonchev–Trinajstić information content (AvgIpc) is 3.14. The number of carbonyl (C=O) groups excluding carboxylic acids is 1. The summed E-state index contributed by atoms with van der Waals surface area (Å²) in [6.07, 6.45) is 2.38. The Morgan fingerprint density at radius 1 is 1.31 bits per heavy atom. The molecule has 1 aromatic heterocycles. The van der Waals surface area contributed by atoms with Crippen molar-refractivity contribution in [2.24, 2.45) is 0 Å². The van der Waals surface area contributed by atoms with Crippen LogP contribution < -0.4 is 10.0 Å². The van der Waals surface area contributed by atoms with Crippen molar-refractivity contribution in [2.45, 2.75) is 30.8 Å². The van der Waals surface area contributed by atoms with Crippen molar-refractivity contribution in [1.82, 2.24) is 15.0 Å². The van der Waals surface area contributed by atoms with Gasteiger partial charge in [-0.3, -0.25) is 9.78 Å². The van der Waals surface area contributed by atoms with Crippen molar-refractivity contribution in [1.29, 1.82) is 0 Å². The Morgan fingerprint density at radius 2 is 2.15 bits per heavy atom. The number of carbonyl (C=O) groups is 1. The van der Waals surface area contributed by atoms with Crippen molar-refractivity contribution >= 4 is 15.9 Å². The molecular weight excluding hydrogens is 354 g/mol. The van der Waals surface area contributed by atoms with E-state index in [0.29, 0.717) is 24.5 Å². The molecule has 7 nitrogen and oxygen atoms in total. The van der Waals surface area contributed by atoms with Gasteiger partial charge in [-0.2, -0.15) is 0 Å². The van der Waals surface area contributed by atoms with E-state index in [4.69, 9.17) is 4.74 Å². The molecule has 1 aromatic carbocycles.